The lowest BCUT2D eigenvalue weighted by molar-refractivity contribution is -0.141. The molecule has 2 aliphatic rings. The molecule has 2 atom stereocenters. The smallest absolute Gasteiger partial charge is 0.417 e. The van der Waals surface area contributed by atoms with E-state index in [1.165, 1.54) is 6.07 Å². The maximum Gasteiger partial charge on any atom is 0.417 e. The van der Waals surface area contributed by atoms with Gasteiger partial charge in [-0.15, -0.1) is 0 Å². The Morgan fingerprint density at radius 3 is 2.48 bits per heavy atom. The van der Waals surface area contributed by atoms with Crippen molar-refractivity contribution in [3.05, 3.63) is 69.4 Å². The van der Waals surface area contributed by atoms with E-state index in [0.29, 0.717) is 41.4 Å². The van der Waals surface area contributed by atoms with Crippen LogP contribution in [0.4, 0.5) is 18.0 Å². The van der Waals surface area contributed by atoms with E-state index in [1.54, 1.807) is 43.9 Å². The number of halogens is 3. The molecule has 3 heterocycles. The van der Waals surface area contributed by atoms with E-state index in [0.717, 1.165) is 30.7 Å². The highest BCUT2D eigenvalue weighted by molar-refractivity contribution is 5.94. The van der Waals surface area contributed by atoms with E-state index in [1.807, 2.05) is 6.92 Å². The van der Waals surface area contributed by atoms with Crippen LogP contribution in [0.2, 0.25) is 0 Å². The molecule has 42 heavy (non-hydrogen) atoms. The molecule has 0 spiro atoms. The number of nitrogens with zero attached hydrogens (tertiary/aromatic N) is 3. The van der Waals surface area contributed by atoms with Crippen LogP contribution in [0.3, 0.4) is 0 Å². The molecule has 9 nitrogen and oxygen atoms in total. The molecule has 0 radical (unpaired) electrons. The van der Waals surface area contributed by atoms with Gasteiger partial charge in [-0.05, 0) is 89.6 Å². The number of H-pyrrole nitrogens is 1. The number of pyridine rings is 1. The Morgan fingerprint density at radius 1 is 1.12 bits per heavy atom. The number of nitrogens with one attached hydrogen (secondary N) is 2. The molecule has 2 aromatic heterocycles. The topological polar surface area (TPSA) is 117 Å². The van der Waals surface area contributed by atoms with Crippen LogP contribution in [0.5, 0.6) is 0 Å². The third kappa shape index (κ3) is 5.84. The SMILES string of the molecule is C[C@H]1CCC[C@@H](c2ccc(C(F)(F)F)cn2)N1C(=O)C1(c2ccc3c(=O)[nH]nc(CNC(=O)OC(C)(C)C)c3c2)CC1. The fourth-order valence-corrected chi connectivity index (χ4v) is 5.71. The van der Waals surface area contributed by atoms with Gasteiger partial charge >= 0.3 is 12.3 Å². The molecule has 2 fully saturated rings. The standard InChI is InChI=1S/C30H34F3N5O4/c1-17-6-5-7-24(22-11-9-19(15-34-22)30(31,32)33)38(17)26(40)29(12-13-29)18-8-10-20-21(14-18)23(36-37-25(20)39)16-35-27(41)42-28(2,3)4/h8-11,14-15,17,24H,5-7,12-13,16H2,1-4H3,(H,35,41)(H,37,39)/t17-,24-/m0/s1. The van der Waals surface area contributed by atoms with Gasteiger partial charge in [0, 0.05) is 17.6 Å². The minimum absolute atomic E-state index is 0.00256. The average Bonchev–Trinajstić information content (AvgIpc) is 3.73. The maximum absolute atomic E-state index is 14.3. The first-order valence-electron chi connectivity index (χ1n) is 14.0. The molecule has 1 aromatic carbocycles. The van der Waals surface area contributed by atoms with Gasteiger partial charge in [0.2, 0.25) is 5.91 Å². The zero-order chi connectivity index (χ0) is 30.4. The van der Waals surface area contributed by atoms with Crippen molar-refractivity contribution < 1.29 is 27.5 Å². The minimum atomic E-state index is -4.49. The van der Waals surface area contributed by atoms with Crippen LogP contribution in [0.25, 0.3) is 10.8 Å². The number of aromatic amines is 1. The Hall–Kier alpha value is -3.96. The molecular formula is C30H34F3N5O4. The molecule has 224 valence electrons. The van der Waals surface area contributed by atoms with Crippen molar-refractivity contribution >= 4 is 22.8 Å². The monoisotopic (exact) mass is 585 g/mol. The van der Waals surface area contributed by atoms with Crippen LogP contribution in [0.15, 0.2) is 41.3 Å². The summed E-state index contributed by atoms with van der Waals surface area (Å²) in [6, 6.07) is 7.02. The first-order valence-corrected chi connectivity index (χ1v) is 14.0. The van der Waals surface area contributed by atoms with Gasteiger partial charge in [-0.1, -0.05) is 6.07 Å². The molecule has 1 saturated carbocycles. The van der Waals surface area contributed by atoms with Gasteiger partial charge in [-0.3, -0.25) is 14.6 Å². The molecule has 2 amide bonds. The van der Waals surface area contributed by atoms with Gasteiger partial charge in [0.05, 0.1) is 40.3 Å². The summed E-state index contributed by atoms with van der Waals surface area (Å²) in [6.07, 6.45) is -0.915. The van der Waals surface area contributed by atoms with Gasteiger partial charge in [0.1, 0.15) is 5.60 Å². The van der Waals surface area contributed by atoms with E-state index < -0.39 is 40.5 Å². The fourth-order valence-electron chi connectivity index (χ4n) is 5.71. The summed E-state index contributed by atoms with van der Waals surface area (Å²) in [5.41, 5.74) is -1.17. The predicted octanol–water partition coefficient (Wildman–Crippen LogP) is 5.54. The summed E-state index contributed by atoms with van der Waals surface area (Å²) in [4.78, 5) is 45.0. The van der Waals surface area contributed by atoms with E-state index in [2.05, 4.69) is 20.5 Å². The molecule has 12 heteroatoms. The van der Waals surface area contributed by atoms with Crippen molar-refractivity contribution in [2.24, 2.45) is 0 Å². The summed E-state index contributed by atoms with van der Waals surface area (Å²) < 4.78 is 44.7. The Labute approximate surface area is 240 Å². The third-order valence-corrected chi connectivity index (χ3v) is 7.98. The van der Waals surface area contributed by atoms with E-state index in [9.17, 15) is 27.6 Å². The maximum atomic E-state index is 14.3. The number of aromatic nitrogens is 3. The van der Waals surface area contributed by atoms with Gasteiger partial charge in [0.15, 0.2) is 0 Å². The lowest BCUT2D eigenvalue weighted by Crippen LogP contribution is -2.49. The molecule has 1 aliphatic carbocycles. The van der Waals surface area contributed by atoms with Crippen LogP contribution in [0, 0.1) is 0 Å². The van der Waals surface area contributed by atoms with Gasteiger partial charge < -0.3 is 15.0 Å². The molecule has 2 N–H and O–H groups in total. The number of alkyl carbamates (subject to hydrolysis) is 1. The molecule has 3 aromatic rings. The van der Waals surface area contributed by atoms with Crippen LogP contribution >= 0.6 is 0 Å². The highest BCUT2D eigenvalue weighted by atomic mass is 19.4. The number of piperidine rings is 1. The van der Waals surface area contributed by atoms with Crippen molar-refractivity contribution in [3.63, 3.8) is 0 Å². The number of fused-ring (bicyclic) bond motifs is 1. The van der Waals surface area contributed by atoms with Crippen molar-refractivity contribution in [2.45, 2.75) is 95.6 Å². The van der Waals surface area contributed by atoms with Crippen LogP contribution in [0.1, 0.15) is 88.4 Å². The second-order valence-electron chi connectivity index (χ2n) is 12.2. The van der Waals surface area contributed by atoms with Gasteiger partial charge in [-0.25, -0.2) is 9.89 Å². The number of benzene rings is 1. The molecule has 0 bridgehead atoms. The van der Waals surface area contributed by atoms with Crippen LogP contribution in [-0.2, 0) is 27.7 Å². The van der Waals surface area contributed by atoms with Crippen molar-refractivity contribution in [1.82, 2.24) is 25.4 Å². The van der Waals surface area contributed by atoms with Gasteiger partial charge in [0.25, 0.3) is 5.56 Å². The zero-order valence-electron chi connectivity index (χ0n) is 24.0. The highest BCUT2D eigenvalue weighted by Gasteiger charge is 2.55. The number of carbonyl (C=O) groups is 2. The molecule has 5 rings (SSSR count). The van der Waals surface area contributed by atoms with E-state index in [-0.39, 0.29) is 18.5 Å². The van der Waals surface area contributed by atoms with Crippen LogP contribution < -0.4 is 10.9 Å². The Morgan fingerprint density at radius 2 is 1.86 bits per heavy atom. The van der Waals surface area contributed by atoms with E-state index >= 15 is 0 Å². The van der Waals surface area contributed by atoms with Gasteiger partial charge in [-0.2, -0.15) is 18.3 Å². The van der Waals surface area contributed by atoms with Crippen LogP contribution in [-0.4, -0.2) is 43.7 Å². The summed E-state index contributed by atoms with van der Waals surface area (Å²) >= 11 is 0. The Bertz CT molecular complexity index is 1560. The van der Waals surface area contributed by atoms with Crippen molar-refractivity contribution in [1.29, 1.82) is 0 Å². The summed E-state index contributed by atoms with van der Waals surface area (Å²) in [6.45, 7) is 7.20. The Balaban J connectivity index is 1.45. The molecular weight excluding hydrogens is 551 g/mol. The highest BCUT2D eigenvalue weighted by Crippen LogP contribution is 2.52. The second kappa shape index (κ2) is 10.7. The lowest BCUT2D eigenvalue weighted by Gasteiger charge is -2.42. The largest absolute Gasteiger partial charge is 0.444 e. The van der Waals surface area contributed by atoms with Crippen molar-refractivity contribution in [2.75, 3.05) is 0 Å². The number of alkyl halides is 3. The normalized spacial score (nSPS) is 20.3. The molecule has 0 unspecified atom stereocenters. The summed E-state index contributed by atoms with van der Waals surface area (Å²) in [7, 11) is 0. The Kier molecular flexibility index (Phi) is 7.53. The summed E-state index contributed by atoms with van der Waals surface area (Å²) in [5, 5.41) is 10.2. The minimum Gasteiger partial charge on any atom is -0.444 e. The quantitative estimate of drug-likeness (QED) is 0.406. The first-order chi connectivity index (χ1) is 19.7. The average molecular weight is 586 g/mol. The first kappa shape index (κ1) is 29.5. The number of ether oxygens (including phenoxy) is 1. The number of carbonyl (C=O) groups excluding carboxylic acids is 2. The second-order valence-corrected chi connectivity index (χ2v) is 12.2. The zero-order valence-corrected chi connectivity index (χ0v) is 24.0. The number of amides is 2. The lowest BCUT2D eigenvalue weighted by atomic mass is 9.87. The fraction of sp³-hybridized carbons (Fsp3) is 0.500. The third-order valence-electron chi connectivity index (χ3n) is 7.98. The number of likely N-dealkylation sites (tertiary alicyclic amines) is 1. The number of hydrogen-bond acceptors (Lipinski definition) is 6. The molecule has 1 aliphatic heterocycles. The number of rotatable bonds is 5. The number of hydrogen-bond donors (Lipinski definition) is 2. The van der Waals surface area contributed by atoms with Crippen molar-refractivity contribution in [3.8, 4) is 0 Å². The molecule has 1 saturated heterocycles. The summed E-state index contributed by atoms with van der Waals surface area (Å²) in [5.74, 6) is -0.105. The van der Waals surface area contributed by atoms with E-state index in [4.69, 9.17) is 4.74 Å². The predicted molar refractivity (Wildman–Crippen MR) is 148 cm³/mol.